The van der Waals surface area contributed by atoms with Gasteiger partial charge in [0.15, 0.2) is 0 Å². The lowest BCUT2D eigenvalue weighted by molar-refractivity contribution is -0.146. The van der Waals surface area contributed by atoms with Crippen LogP contribution in [0.15, 0.2) is 0 Å². The highest BCUT2D eigenvalue weighted by molar-refractivity contribution is 4.60. The Hall–Kier alpha value is -0.330. The van der Waals surface area contributed by atoms with Gasteiger partial charge in [-0.15, -0.1) is 0 Å². The Balaban J connectivity index is 3.58. The summed E-state index contributed by atoms with van der Waals surface area (Å²) < 4.78 is 40.7. The van der Waals surface area contributed by atoms with Crippen LogP contribution in [0, 0.1) is 0 Å². The number of rotatable bonds is 7. The fourth-order valence-electron chi connectivity index (χ4n) is 0.963. The molecule has 0 atom stereocenters. The first-order valence-electron chi connectivity index (χ1n) is 4.47. The van der Waals surface area contributed by atoms with Crippen LogP contribution in [-0.4, -0.2) is 55.6 Å². The first kappa shape index (κ1) is 13.7. The second kappa shape index (κ2) is 7.03. The average molecular weight is 215 g/mol. The maximum atomic E-state index is 11.9. The zero-order valence-electron chi connectivity index (χ0n) is 8.18. The van der Waals surface area contributed by atoms with Crippen molar-refractivity contribution in [2.24, 2.45) is 0 Å². The zero-order chi connectivity index (χ0) is 11.0. The number of aliphatic hydroxyl groups excluding tert-OH is 1. The Labute approximate surface area is 81.5 Å². The average Bonchev–Trinajstić information content (AvgIpc) is 2.08. The minimum Gasteiger partial charge on any atom is -0.394 e. The van der Waals surface area contributed by atoms with Gasteiger partial charge < -0.3 is 9.84 Å². The molecule has 0 aliphatic carbocycles. The molecule has 6 heteroatoms. The van der Waals surface area contributed by atoms with E-state index in [0.29, 0.717) is 6.54 Å². The quantitative estimate of drug-likeness (QED) is 0.640. The van der Waals surface area contributed by atoms with Gasteiger partial charge in [-0.25, -0.2) is 0 Å². The van der Waals surface area contributed by atoms with E-state index in [-0.39, 0.29) is 26.4 Å². The van der Waals surface area contributed by atoms with Gasteiger partial charge in [0.1, 0.15) is 0 Å². The highest BCUT2D eigenvalue weighted by atomic mass is 19.4. The maximum Gasteiger partial charge on any atom is 0.401 e. The molecular weight excluding hydrogens is 199 g/mol. The van der Waals surface area contributed by atoms with Gasteiger partial charge in [-0.3, -0.25) is 4.90 Å². The van der Waals surface area contributed by atoms with Crippen LogP contribution in [0.25, 0.3) is 0 Å². The van der Waals surface area contributed by atoms with Crippen LogP contribution in [-0.2, 0) is 4.74 Å². The van der Waals surface area contributed by atoms with Crippen molar-refractivity contribution in [1.29, 1.82) is 0 Å². The predicted octanol–water partition coefficient (Wildman–Crippen LogP) is 0.880. The van der Waals surface area contributed by atoms with Crippen LogP contribution in [0.2, 0.25) is 0 Å². The Morgan fingerprint density at radius 1 is 1.29 bits per heavy atom. The van der Waals surface area contributed by atoms with E-state index in [2.05, 4.69) is 0 Å². The molecule has 0 aromatic heterocycles. The number of alkyl halides is 3. The molecule has 0 saturated heterocycles. The molecule has 1 N–H and O–H groups in total. The van der Waals surface area contributed by atoms with E-state index in [4.69, 9.17) is 9.84 Å². The van der Waals surface area contributed by atoms with Crippen LogP contribution in [0.3, 0.4) is 0 Å². The van der Waals surface area contributed by atoms with Crippen molar-refractivity contribution in [2.45, 2.75) is 13.1 Å². The van der Waals surface area contributed by atoms with Gasteiger partial charge in [-0.2, -0.15) is 13.2 Å². The van der Waals surface area contributed by atoms with Gasteiger partial charge in [0.2, 0.25) is 0 Å². The van der Waals surface area contributed by atoms with Gasteiger partial charge in [-0.05, 0) is 6.54 Å². The van der Waals surface area contributed by atoms with E-state index in [1.807, 2.05) is 0 Å². The summed E-state index contributed by atoms with van der Waals surface area (Å²) in [4.78, 5) is 1.25. The Kier molecular flexibility index (Phi) is 6.86. The lowest BCUT2D eigenvalue weighted by Gasteiger charge is -2.21. The Bertz CT molecular complexity index is 141. The molecule has 0 amide bonds. The maximum absolute atomic E-state index is 11.9. The molecule has 14 heavy (non-hydrogen) atoms. The minimum absolute atomic E-state index is 0.106. The van der Waals surface area contributed by atoms with E-state index in [9.17, 15) is 13.2 Å². The van der Waals surface area contributed by atoms with Crippen molar-refractivity contribution in [1.82, 2.24) is 4.90 Å². The largest absolute Gasteiger partial charge is 0.401 e. The number of aliphatic hydroxyl groups is 1. The van der Waals surface area contributed by atoms with Crippen molar-refractivity contribution in [3.63, 3.8) is 0 Å². The van der Waals surface area contributed by atoms with Crippen LogP contribution < -0.4 is 0 Å². The number of likely N-dealkylation sites (N-methyl/N-ethyl adjacent to an activating group) is 1. The van der Waals surface area contributed by atoms with Gasteiger partial charge in [0.05, 0.1) is 26.4 Å². The monoisotopic (exact) mass is 215 g/mol. The molecule has 0 heterocycles. The number of nitrogens with zero attached hydrogens (tertiary/aromatic N) is 1. The van der Waals surface area contributed by atoms with Crippen LogP contribution in [0.4, 0.5) is 13.2 Å². The van der Waals surface area contributed by atoms with Crippen molar-refractivity contribution in [3.8, 4) is 0 Å². The Morgan fingerprint density at radius 2 is 1.93 bits per heavy atom. The highest BCUT2D eigenvalue weighted by Gasteiger charge is 2.29. The zero-order valence-corrected chi connectivity index (χ0v) is 8.18. The van der Waals surface area contributed by atoms with Gasteiger partial charge in [0, 0.05) is 6.54 Å². The molecule has 0 rings (SSSR count). The van der Waals surface area contributed by atoms with Crippen LogP contribution in [0.1, 0.15) is 6.92 Å². The minimum atomic E-state index is -4.16. The number of hydrogen-bond acceptors (Lipinski definition) is 3. The summed E-state index contributed by atoms with van der Waals surface area (Å²) >= 11 is 0. The number of ether oxygens (including phenoxy) is 1. The fourth-order valence-corrected chi connectivity index (χ4v) is 0.963. The third-order valence-corrected chi connectivity index (χ3v) is 1.64. The lowest BCUT2D eigenvalue weighted by atomic mass is 10.4. The summed E-state index contributed by atoms with van der Waals surface area (Å²) in [6, 6.07) is 0. The molecule has 3 nitrogen and oxygen atoms in total. The molecule has 0 spiro atoms. The van der Waals surface area contributed by atoms with E-state index < -0.39 is 12.7 Å². The molecule has 0 bridgehead atoms. The topological polar surface area (TPSA) is 32.7 Å². The third-order valence-electron chi connectivity index (χ3n) is 1.64. The second-order valence-corrected chi connectivity index (χ2v) is 2.82. The summed E-state index contributed by atoms with van der Waals surface area (Å²) in [7, 11) is 0. The number of halogens is 3. The first-order chi connectivity index (χ1) is 6.49. The molecule has 0 aliphatic rings. The van der Waals surface area contributed by atoms with E-state index >= 15 is 0 Å². The van der Waals surface area contributed by atoms with E-state index in [0.717, 1.165) is 0 Å². The summed E-state index contributed by atoms with van der Waals surface area (Å²) in [5.74, 6) is 0. The van der Waals surface area contributed by atoms with Gasteiger partial charge in [-0.1, -0.05) is 6.92 Å². The van der Waals surface area contributed by atoms with E-state index in [1.54, 1.807) is 6.92 Å². The fraction of sp³-hybridized carbons (Fsp3) is 1.00. The van der Waals surface area contributed by atoms with Crippen molar-refractivity contribution >= 4 is 0 Å². The number of hydrogen-bond donors (Lipinski definition) is 1. The van der Waals surface area contributed by atoms with Crippen molar-refractivity contribution in [2.75, 3.05) is 39.5 Å². The molecule has 0 unspecified atom stereocenters. The van der Waals surface area contributed by atoms with Crippen LogP contribution >= 0.6 is 0 Å². The normalized spacial score (nSPS) is 12.4. The standard InChI is InChI=1S/C8H16F3NO2/c1-2-12(7-8(9,10)11)3-5-14-6-4-13/h13H,2-7H2,1H3. The second-order valence-electron chi connectivity index (χ2n) is 2.82. The van der Waals surface area contributed by atoms with Gasteiger partial charge in [0.25, 0.3) is 0 Å². The molecule has 0 saturated carbocycles. The summed E-state index contributed by atoms with van der Waals surface area (Å²) in [6.45, 7) is 1.60. The van der Waals surface area contributed by atoms with Crippen molar-refractivity contribution < 1.29 is 23.0 Å². The third kappa shape index (κ3) is 8.28. The summed E-state index contributed by atoms with van der Waals surface area (Å²) in [6.07, 6.45) is -4.16. The predicted molar refractivity (Wildman–Crippen MR) is 46.1 cm³/mol. The first-order valence-corrected chi connectivity index (χ1v) is 4.47. The molecule has 86 valence electrons. The SMILES string of the molecule is CCN(CCOCCO)CC(F)(F)F. The summed E-state index contributed by atoms with van der Waals surface area (Å²) in [5, 5.41) is 8.36. The van der Waals surface area contributed by atoms with E-state index in [1.165, 1.54) is 4.90 Å². The molecule has 0 radical (unpaired) electrons. The Morgan fingerprint density at radius 3 is 2.36 bits per heavy atom. The molecule has 0 fully saturated rings. The van der Waals surface area contributed by atoms with Gasteiger partial charge >= 0.3 is 6.18 Å². The highest BCUT2D eigenvalue weighted by Crippen LogP contribution is 2.15. The molecule has 0 aliphatic heterocycles. The van der Waals surface area contributed by atoms with Crippen LogP contribution in [0.5, 0.6) is 0 Å². The molecule has 0 aromatic carbocycles. The molecular formula is C8H16F3NO2. The smallest absolute Gasteiger partial charge is 0.394 e. The lowest BCUT2D eigenvalue weighted by Crippen LogP contribution is -2.36. The van der Waals surface area contributed by atoms with Crippen molar-refractivity contribution in [3.05, 3.63) is 0 Å². The summed E-state index contributed by atoms with van der Waals surface area (Å²) in [5.41, 5.74) is 0. The molecule has 0 aromatic rings.